The van der Waals surface area contributed by atoms with E-state index >= 15 is 0 Å². The summed E-state index contributed by atoms with van der Waals surface area (Å²) in [7, 11) is 0. The van der Waals surface area contributed by atoms with Crippen molar-refractivity contribution in [3.63, 3.8) is 0 Å². The predicted molar refractivity (Wildman–Crippen MR) is 262 cm³/mol. The Balaban J connectivity index is 1.02. The van der Waals surface area contributed by atoms with E-state index in [4.69, 9.17) is 14.4 Å². The molecule has 330 valence electrons. The summed E-state index contributed by atoms with van der Waals surface area (Å²) in [5, 5.41) is 20.0. The molecule has 0 aliphatic heterocycles. The van der Waals surface area contributed by atoms with Gasteiger partial charge in [-0.2, -0.15) is 4.73 Å². The molecule has 0 amide bonds. The van der Waals surface area contributed by atoms with Gasteiger partial charge in [0.2, 0.25) is 11.1 Å². The highest BCUT2D eigenvalue weighted by molar-refractivity contribution is 7.14. The van der Waals surface area contributed by atoms with Crippen LogP contribution in [0.25, 0.3) is 0 Å². The minimum absolute atomic E-state index is 0.0268. The van der Waals surface area contributed by atoms with Gasteiger partial charge in [0.15, 0.2) is 23.6 Å². The summed E-state index contributed by atoms with van der Waals surface area (Å²) >= 11 is 1.24. The summed E-state index contributed by atoms with van der Waals surface area (Å²) in [5.74, 6) is -1.40. The first-order valence-corrected chi connectivity index (χ1v) is 22.5. The quantitative estimate of drug-likeness (QED) is 0.0496. The van der Waals surface area contributed by atoms with Crippen LogP contribution in [0.15, 0.2) is 234 Å². The molecule has 0 aliphatic rings. The molecule has 2 aromatic heterocycles. The lowest BCUT2D eigenvalue weighted by Crippen LogP contribution is -2.26. The van der Waals surface area contributed by atoms with Gasteiger partial charge in [0.05, 0.1) is 6.20 Å². The molecule has 0 radical (unpaired) electrons. The van der Waals surface area contributed by atoms with Crippen molar-refractivity contribution in [1.29, 1.82) is 0 Å². The van der Waals surface area contributed by atoms with Crippen molar-refractivity contribution in [3.8, 4) is 5.75 Å². The fourth-order valence-corrected chi connectivity index (χ4v) is 8.55. The summed E-state index contributed by atoms with van der Waals surface area (Å²) < 4.78 is 8.01. The summed E-state index contributed by atoms with van der Waals surface area (Å²) in [6.07, 6.45) is 0.250. The molecule has 0 bridgehead atoms. The highest BCUT2D eigenvalue weighted by Crippen LogP contribution is 2.38. The van der Waals surface area contributed by atoms with Gasteiger partial charge >= 0.3 is 5.97 Å². The third-order valence-corrected chi connectivity index (χ3v) is 11.8. The number of hydrogen-bond donors (Lipinski definition) is 2. The number of carboxylic acid groups (broad SMARTS) is 1. The molecular formula is C56H44N4O6S. The van der Waals surface area contributed by atoms with E-state index < -0.39 is 29.3 Å². The Morgan fingerprint density at radius 1 is 0.627 bits per heavy atom. The third-order valence-electron chi connectivity index (χ3n) is 11.0. The number of nitrogens with zero attached hydrogens (tertiary/aromatic N) is 3. The van der Waals surface area contributed by atoms with Gasteiger partial charge in [0, 0.05) is 23.1 Å². The van der Waals surface area contributed by atoms with Crippen LogP contribution in [0, 0.1) is 0 Å². The number of oxime groups is 1. The maximum Gasteiger partial charge on any atom is 0.360 e. The van der Waals surface area contributed by atoms with E-state index in [1.165, 1.54) is 28.3 Å². The zero-order chi connectivity index (χ0) is 45.8. The summed E-state index contributed by atoms with van der Waals surface area (Å²) in [6, 6.07) is 68.6. The monoisotopic (exact) mass is 900 g/mol. The SMILES string of the molecule is O=C(O)/C(=N\OCc1cc(=O)c(OC(c2ccccc2)c2ccccc2)cn1OC(c1ccccc1)c1ccccc1)c1csc(Nc2ccccc2C(c2ccccc2)c2ccccc2)n1. The lowest BCUT2D eigenvalue weighted by atomic mass is 9.84. The van der Waals surface area contributed by atoms with E-state index in [1.54, 1.807) is 5.38 Å². The number of carboxylic acids is 1. The molecule has 11 heteroatoms. The van der Waals surface area contributed by atoms with E-state index in [1.807, 2.05) is 176 Å². The van der Waals surface area contributed by atoms with Crippen molar-refractivity contribution in [1.82, 2.24) is 9.71 Å². The second-order valence-corrected chi connectivity index (χ2v) is 16.3. The van der Waals surface area contributed by atoms with E-state index in [-0.39, 0.29) is 29.7 Å². The number of aliphatic carboxylic acids is 1. The minimum Gasteiger partial charge on any atom is -0.476 e. The molecule has 10 nitrogen and oxygen atoms in total. The number of pyridine rings is 1. The summed E-state index contributed by atoms with van der Waals surface area (Å²) in [5.41, 5.74) is 6.98. The van der Waals surface area contributed by atoms with Gasteiger partial charge in [-0.15, -0.1) is 11.3 Å². The smallest absolute Gasteiger partial charge is 0.360 e. The van der Waals surface area contributed by atoms with Crippen molar-refractivity contribution < 1.29 is 24.3 Å². The van der Waals surface area contributed by atoms with Crippen molar-refractivity contribution in [2.24, 2.45) is 5.16 Å². The Bertz CT molecular complexity index is 3000. The third kappa shape index (κ3) is 10.5. The number of rotatable bonds is 18. The van der Waals surface area contributed by atoms with E-state index in [2.05, 4.69) is 45.8 Å². The number of anilines is 2. The van der Waals surface area contributed by atoms with Crippen LogP contribution in [0.4, 0.5) is 10.8 Å². The lowest BCUT2D eigenvalue weighted by molar-refractivity contribution is -0.129. The molecule has 2 heterocycles. The van der Waals surface area contributed by atoms with Crippen LogP contribution in [0.5, 0.6) is 5.75 Å². The van der Waals surface area contributed by atoms with Gasteiger partial charge in [-0.25, -0.2) is 9.78 Å². The maximum atomic E-state index is 14.0. The number of thiazole rings is 1. The highest BCUT2D eigenvalue weighted by atomic mass is 32.1. The van der Waals surface area contributed by atoms with Gasteiger partial charge in [-0.3, -0.25) is 4.79 Å². The van der Waals surface area contributed by atoms with Crippen LogP contribution in [-0.2, 0) is 16.2 Å². The molecule has 2 N–H and O–H groups in total. The molecule has 0 spiro atoms. The zero-order valence-electron chi connectivity index (χ0n) is 36.0. The van der Waals surface area contributed by atoms with Crippen molar-refractivity contribution in [2.45, 2.75) is 24.7 Å². The average molecular weight is 901 g/mol. The number of benzene rings is 7. The summed E-state index contributed by atoms with van der Waals surface area (Å²) in [4.78, 5) is 44.0. The number of ether oxygens (including phenoxy) is 1. The van der Waals surface area contributed by atoms with Crippen LogP contribution in [0.3, 0.4) is 0 Å². The van der Waals surface area contributed by atoms with Crippen LogP contribution in [-0.4, -0.2) is 26.5 Å². The Hall–Kier alpha value is -8.54. The lowest BCUT2D eigenvalue weighted by Gasteiger charge is -2.25. The molecule has 0 unspecified atom stereocenters. The molecule has 0 atom stereocenters. The van der Waals surface area contributed by atoms with Crippen LogP contribution < -0.4 is 20.3 Å². The molecule has 0 saturated heterocycles. The van der Waals surface area contributed by atoms with Gasteiger partial charge in [-0.1, -0.05) is 205 Å². The Labute approximate surface area is 391 Å². The topological polar surface area (TPSA) is 124 Å². The second kappa shape index (κ2) is 21.0. The predicted octanol–water partition coefficient (Wildman–Crippen LogP) is 11.6. The summed E-state index contributed by atoms with van der Waals surface area (Å²) in [6.45, 7) is -0.341. The number of hydrogen-bond acceptors (Lipinski definition) is 9. The first kappa shape index (κ1) is 43.7. The zero-order valence-corrected chi connectivity index (χ0v) is 36.9. The van der Waals surface area contributed by atoms with E-state index in [9.17, 15) is 14.7 Å². The molecular weight excluding hydrogens is 857 g/mol. The molecule has 0 saturated carbocycles. The standard InChI is InChI=1S/C56H44N4O6S/c61-49-35-45(37-64-59-52(55(62)63)48-38-67-56(58-48)57-47-34-20-19-33-46(47)51(39-21-7-1-8-22-39)40-23-9-2-10-24-40)60(66-54(43-29-15-5-16-30-43)44-31-17-6-18-32-44)36-50(49)65-53(41-25-11-3-12-26-41)42-27-13-4-14-28-42/h1-36,38,51,53-54H,37H2,(H,57,58)(H,62,63)/b59-52-. The molecule has 9 rings (SSSR count). The van der Waals surface area contributed by atoms with Gasteiger partial charge in [0.25, 0.3) is 0 Å². The van der Waals surface area contributed by atoms with Gasteiger partial charge < -0.3 is 24.8 Å². The van der Waals surface area contributed by atoms with E-state index in [0.29, 0.717) is 5.13 Å². The van der Waals surface area contributed by atoms with Crippen molar-refractivity contribution >= 4 is 33.8 Å². The fraction of sp³-hybridized carbons (Fsp3) is 0.0714. The Kier molecular flexibility index (Phi) is 13.7. The first-order chi connectivity index (χ1) is 33.0. The number of aromatic nitrogens is 2. The molecule has 0 fully saturated rings. The molecule has 9 aromatic rings. The maximum absolute atomic E-state index is 14.0. The first-order valence-electron chi connectivity index (χ1n) is 21.6. The van der Waals surface area contributed by atoms with Crippen LogP contribution >= 0.6 is 11.3 Å². The number of carbonyl (C=O) groups is 1. The van der Waals surface area contributed by atoms with Crippen molar-refractivity contribution in [2.75, 3.05) is 5.32 Å². The largest absolute Gasteiger partial charge is 0.476 e. The van der Waals surface area contributed by atoms with Crippen LogP contribution in [0.2, 0.25) is 0 Å². The second-order valence-electron chi connectivity index (χ2n) is 15.5. The van der Waals surface area contributed by atoms with E-state index in [0.717, 1.165) is 44.6 Å². The molecule has 0 aliphatic carbocycles. The van der Waals surface area contributed by atoms with Gasteiger partial charge in [0.1, 0.15) is 17.5 Å². The van der Waals surface area contributed by atoms with Gasteiger partial charge in [-0.05, 0) is 45.0 Å². The normalized spacial score (nSPS) is 11.4. The Morgan fingerprint density at radius 2 is 1.09 bits per heavy atom. The van der Waals surface area contributed by atoms with Crippen molar-refractivity contribution in [3.05, 3.63) is 284 Å². The molecule has 7 aromatic carbocycles. The minimum atomic E-state index is -1.34. The number of nitrogens with one attached hydrogen (secondary N) is 1. The number of para-hydroxylation sites is 1. The molecule has 67 heavy (non-hydrogen) atoms. The Morgan fingerprint density at radius 3 is 1.60 bits per heavy atom. The average Bonchev–Trinajstić information content (AvgIpc) is 3.84. The van der Waals surface area contributed by atoms with Crippen LogP contribution in [0.1, 0.15) is 68.5 Å². The fourth-order valence-electron chi connectivity index (χ4n) is 7.84. The highest BCUT2D eigenvalue weighted by Gasteiger charge is 2.24.